The zero-order chi connectivity index (χ0) is 32.6. The summed E-state index contributed by atoms with van der Waals surface area (Å²) in [6, 6.07) is 3.54. The number of carbonyl (C=O) groups excluding carboxylic acids is 4. The molecule has 0 aliphatic carbocycles. The highest BCUT2D eigenvalue weighted by molar-refractivity contribution is 7.93. The SMILES string of the molecule is CC(C)COC(=O)c1nnn(C[C@@]2(C)[C@H](C(=O)OCc3ccc([N+](=O)[O-])cc3)N3C(=O)C[C@@H]3S2(=O)=O)c1C(=O)OCC(C)C. The van der Waals surface area contributed by atoms with E-state index in [1.807, 2.05) is 0 Å². The Morgan fingerprint density at radius 2 is 1.64 bits per heavy atom. The normalized spacial score (nSPS) is 22.0. The standard InChI is InChI=1S/C27H33N5O11S/c1-15(2)11-41-24(34)21-22(25(35)42-12-16(3)4)30(29-28-21)14-27(5)23(31-19(33)10-20(31)44(27,39)40)26(36)43-13-17-6-8-18(9-7-17)32(37)38/h6-9,15-16,20,23H,10-14H2,1-5H3/t20-,23-,27-/m0/s1. The molecule has 0 bridgehead atoms. The molecule has 44 heavy (non-hydrogen) atoms. The van der Waals surface area contributed by atoms with Crippen LogP contribution < -0.4 is 0 Å². The highest BCUT2D eigenvalue weighted by Crippen LogP contribution is 2.47. The molecule has 4 rings (SSSR count). The van der Waals surface area contributed by atoms with Crippen molar-refractivity contribution in [3.05, 3.63) is 51.3 Å². The van der Waals surface area contributed by atoms with Crippen LogP contribution in [0.1, 0.15) is 67.6 Å². The summed E-state index contributed by atoms with van der Waals surface area (Å²) < 4.78 is 42.3. The van der Waals surface area contributed by atoms with Gasteiger partial charge in [-0.3, -0.25) is 14.9 Å². The number of β-lactam (4-membered cyclic amide) rings is 1. The van der Waals surface area contributed by atoms with Crippen molar-refractivity contribution >= 4 is 39.3 Å². The first-order valence-electron chi connectivity index (χ1n) is 13.8. The van der Waals surface area contributed by atoms with E-state index < -0.39 is 72.7 Å². The largest absolute Gasteiger partial charge is 0.461 e. The number of carbonyl (C=O) groups is 4. The molecule has 2 aliphatic heterocycles. The number of amides is 1. The number of benzene rings is 1. The Morgan fingerprint density at radius 3 is 2.18 bits per heavy atom. The molecular weight excluding hydrogens is 602 g/mol. The van der Waals surface area contributed by atoms with Crippen molar-refractivity contribution in [3.63, 3.8) is 0 Å². The molecule has 0 saturated carbocycles. The first kappa shape index (κ1) is 32.5. The van der Waals surface area contributed by atoms with Gasteiger partial charge in [-0.15, -0.1) is 5.10 Å². The number of nitrogens with zero attached hydrogens (tertiary/aromatic N) is 5. The number of nitro groups is 1. The van der Waals surface area contributed by atoms with Gasteiger partial charge in [0, 0.05) is 12.1 Å². The average Bonchev–Trinajstić information content (AvgIpc) is 3.42. The number of fused-ring (bicyclic) bond motifs is 1. The summed E-state index contributed by atoms with van der Waals surface area (Å²) >= 11 is 0. The molecule has 2 fully saturated rings. The van der Waals surface area contributed by atoms with Gasteiger partial charge in [0.15, 0.2) is 21.6 Å². The quantitative estimate of drug-likeness (QED) is 0.107. The minimum atomic E-state index is -4.28. The van der Waals surface area contributed by atoms with Crippen LogP contribution in [0.25, 0.3) is 0 Å². The fourth-order valence-corrected chi connectivity index (χ4v) is 7.25. The highest BCUT2D eigenvalue weighted by Gasteiger charge is 2.70. The number of non-ortho nitro benzene ring substituents is 1. The predicted octanol–water partition coefficient (Wildman–Crippen LogP) is 1.67. The Bertz CT molecular complexity index is 1590. The Balaban J connectivity index is 1.68. The van der Waals surface area contributed by atoms with Crippen LogP contribution in [0.4, 0.5) is 5.69 Å². The van der Waals surface area contributed by atoms with E-state index in [1.54, 1.807) is 27.7 Å². The van der Waals surface area contributed by atoms with Crippen molar-refractivity contribution in [1.82, 2.24) is 19.9 Å². The maximum Gasteiger partial charge on any atom is 0.361 e. The number of nitro benzene ring substituents is 1. The molecule has 0 N–H and O–H groups in total. The monoisotopic (exact) mass is 635 g/mol. The van der Waals surface area contributed by atoms with Gasteiger partial charge < -0.3 is 19.1 Å². The zero-order valence-electron chi connectivity index (χ0n) is 24.8. The molecule has 1 aromatic carbocycles. The average molecular weight is 636 g/mol. The molecular formula is C27H33N5O11S. The van der Waals surface area contributed by atoms with E-state index in [4.69, 9.17) is 14.2 Å². The molecule has 2 saturated heterocycles. The number of ether oxygens (including phenoxy) is 3. The van der Waals surface area contributed by atoms with E-state index in [0.717, 1.165) is 9.58 Å². The molecule has 16 nitrogen and oxygen atoms in total. The first-order valence-corrected chi connectivity index (χ1v) is 15.4. The summed E-state index contributed by atoms with van der Waals surface area (Å²) in [6.45, 7) is 7.39. The molecule has 1 amide bonds. The van der Waals surface area contributed by atoms with Crippen LogP contribution in [0.15, 0.2) is 24.3 Å². The van der Waals surface area contributed by atoms with Crippen LogP contribution >= 0.6 is 0 Å². The van der Waals surface area contributed by atoms with Gasteiger partial charge in [0.2, 0.25) is 11.6 Å². The lowest BCUT2D eigenvalue weighted by Gasteiger charge is -2.36. The fourth-order valence-electron chi connectivity index (χ4n) is 4.90. The van der Waals surface area contributed by atoms with Gasteiger partial charge >= 0.3 is 17.9 Å². The van der Waals surface area contributed by atoms with Crippen LogP contribution in [-0.4, -0.2) is 86.4 Å². The topological polar surface area (TPSA) is 207 Å². The van der Waals surface area contributed by atoms with Crippen molar-refractivity contribution in [2.75, 3.05) is 13.2 Å². The molecule has 0 unspecified atom stereocenters. The minimum absolute atomic E-state index is 0.0136. The van der Waals surface area contributed by atoms with Crippen LogP contribution in [0.2, 0.25) is 0 Å². The Morgan fingerprint density at radius 1 is 1.05 bits per heavy atom. The van der Waals surface area contributed by atoms with Gasteiger partial charge in [-0.05, 0) is 36.5 Å². The lowest BCUT2D eigenvalue weighted by atomic mass is 9.96. The molecule has 3 heterocycles. The second-order valence-electron chi connectivity index (χ2n) is 11.7. The minimum Gasteiger partial charge on any atom is -0.461 e. The summed E-state index contributed by atoms with van der Waals surface area (Å²) in [5, 5.41) is 17.3. The van der Waals surface area contributed by atoms with E-state index in [0.29, 0.717) is 5.56 Å². The summed E-state index contributed by atoms with van der Waals surface area (Å²) in [5.74, 6) is -3.72. The Hall–Kier alpha value is -4.41. The van der Waals surface area contributed by atoms with E-state index in [2.05, 4.69) is 10.3 Å². The third-order valence-corrected chi connectivity index (χ3v) is 10.0. The van der Waals surface area contributed by atoms with Gasteiger partial charge in [-0.25, -0.2) is 27.5 Å². The smallest absolute Gasteiger partial charge is 0.361 e. The second kappa shape index (κ2) is 12.3. The van der Waals surface area contributed by atoms with Crippen LogP contribution in [0.3, 0.4) is 0 Å². The molecule has 2 aliphatic rings. The highest BCUT2D eigenvalue weighted by atomic mass is 32.2. The van der Waals surface area contributed by atoms with Crippen molar-refractivity contribution in [3.8, 4) is 0 Å². The maximum absolute atomic E-state index is 13.8. The lowest BCUT2D eigenvalue weighted by molar-refractivity contribution is -0.384. The number of aromatic nitrogens is 3. The summed E-state index contributed by atoms with van der Waals surface area (Å²) in [6.07, 6.45) is -0.350. The van der Waals surface area contributed by atoms with E-state index in [-0.39, 0.29) is 43.8 Å². The van der Waals surface area contributed by atoms with Crippen molar-refractivity contribution in [2.24, 2.45) is 11.8 Å². The van der Waals surface area contributed by atoms with Crippen molar-refractivity contribution in [1.29, 1.82) is 0 Å². The van der Waals surface area contributed by atoms with Gasteiger partial charge in [0.05, 0.1) is 31.1 Å². The zero-order valence-corrected chi connectivity index (χ0v) is 25.6. The van der Waals surface area contributed by atoms with E-state index >= 15 is 0 Å². The molecule has 2 aromatic rings. The van der Waals surface area contributed by atoms with Gasteiger partial charge in [0.25, 0.3) is 5.69 Å². The molecule has 1 aromatic heterocycles. The first-order chi connectivity index (χ1) is 20.6. The van der Waals surface area contributed by atoms with Gasteiger partial charge in [-0.1, -0.05) is 32.9 Å². The summed E-state index contributed by atoms with van der Waals surface area (Å²) in [4.78, 5) is 63.4. The van der Waals surface area contributed by atoms with Crippen molar-refractivity contribution < 1.29 is 46.7 Å². The summed E-state index contributed by atoms with van der Waals surface area (Å²) in [7, 11) is -4.28. The van der Waals surface area contributed by atoms with Gasteiger partial charge in [-0.2, -0.15) is 0 Å². The molecule has 3 atom stereocenters. The maximum atomic E-state index is 13.8. The lowest BCUT2D eigenvalue weighted by Crippen LogP contribution is -2.58. The molecule has 17 heteroatoms. The predicted molar refractivity (Wildman–Crippen MR) is 150 cm³/mol. The fraction of sp³-hybridized carbons (Fsp3) is 0.556. The van der Waals surface area contributed by atoms with Crippen molar-refractivity contribution in [2.45, 2.75) is 70.4 Å². The number of rotatable bonds is 12. The Kier molecular flexibility index (Phi) is 9.08. The second-order valence-corrected chi connectivity index (χ2v) is 14.2. The number of esters is 3. The third kappa shape index (κ3) is 6.00. The van der Waals surface area contributed by atoms with Crippen LogP contribution in [0, 0.1) is 22.0 Å². The third-order valence-electron chi connectivity index (χ3n) is 7.24. The molecule has 238 valence electrons. The van der Waals surface area contributed by atoms with Gasteiger partial charge in [0.1, 0.15) is 16.7 Å². The number of hydrogen-bond acceptors (Lipinski definition) is 13. The summed E-state index contributed by atoms with van der Waals surface area (Å²) in [5.41, 5.74) is -0.745. The number of hydrogen-bond donors (Lipinski definition) is 0. The number of sulfone groups is 1. The molecule has 0 radical (unpaired) electrons. The molecule has 0 spiro atoms. The van der Waals surface area contributed by atoms with Crippen LogP contribution in [0.5, 0.6) is 0 Å². The van der Waals surface area contributed by atoms with E-state index in [9.17, 15) is 37.7 Å². The van der Waals surface area contributed by atoms with E-state index in [1.165, 1.54) is 31.2 Å². The Labute approximate surface area is 252 Å². The van der Waals surface area contributed by atoms with Crippen LogP contribution in [-0.2, 0) is 46.8 Å².